The van der Waals surface area contributed by atoms with Crippen LogP contribution in [0.1, 0.15) is 16.1 Å². The quantitative estimate of drug-likeness (QED) is 0.437. The molecule has 1 amide bonds. The second-order valence-electron chi connectivity index (χ2n) is 3.89. The maximum atomic E-state index is 11.9. The first-order valence-corrected chi connectivity index (χ1v) is 6.34. The van der Waals surface area contributed by atoms with Crippen LogP contribution in [0.15, 0.2) is 28.4 Å². The van der Waals surface area contributed by atoms with E-state index >= 15 is 0 Å². The van der Waals surface area contributed by atoms with Crippen molar-refractivity contribution in [1.29, 1.82) is 0 Å². The largest absolute Gasteiger partial charge is 0.399 e. The van der Waals surface area contributed by atoms with Gasteiger partial charge in [0.15, 0.2) is 0 Å². The summed E-state index contributed by atoms with van der Waals surface area (Å²) in [7, 11) is 0. The first-order valence-electron chi connectivity index (χ1n) is 5.46. The SMILES string of the molecule is Nc1ccc([N+](=O)[O-])c(C(=O)NCc2csc(=O)[nH]2)c1. The van der Waals surface area contributed by atoms with Crippen LogP contribution in [0.3, 0.4) is 0 Å². The summed E-state index contributed by atoms with van der Waals surface area (Å²) in [4.78, 5) is 35.4. The van der Waals surface area contributed by atoms with Crippen LogP contribution in [0.25, 0.3) is 0 Å². The average Bonchev–Trinajstić information content (AvgIpc) is 2.81. The molecule has 0 aliphatic heterocycles. The van der Waals surface area contributed by atoms with E-state index in [1.54, 1.807) is 5.38 Å². The summed E-state index contributed by atoms with van der Waals surface area (Å²) < 4.78 is 0. The number of nitrogen functional groups attached to an aromatic ring is 1. The van der Waals surface area contributed by atoms with Gasteiger partial charge in [-0.15, -0.1) is 0 Å². The van der Waals surface area contributed by atoms with Crippen LogP contribution in [0.5, 0.6) is 0 Å². The number of nitro groups is 1. The van der Waals surface area contributed by atoms with E-state index in [0.717, 1.165) is 11.3 Å². The van der Waals surface area contributed by atoms with Gasteiger partial charge in [0.1, 0.15) is 5.56 Å². The summed E-state index contributed by atoms with van der Waals surface area (Å²) >= 11 is 0.972. The van der Waals surface area contributed by atoms with Crippen molar-refractivity contribution in [3.05, 3.63) is 54.6 Å². The molecule has 9 heteroatoms. The van der Waals surface area contributed by atoms with Crippen LogP contribution in [0.4, 0.5) is 11.4 Å². The van der Waals surface area contributed by atoms with Crippen LogP contribution >= 0.6 is 11.3 Å². The molecule has 0 unspecified atom stereocenters. The Hall–Kier alpha value is -2.68. The molecule has 20 heavy (non-hydrogen) atoms. The topological polar surface area (TPSA) is 131 Å². The summed E-state index contributed by atoms with van der Waals surface area (Å²) in [5.41, 5.74) is 5.87. The Morgan fingerprint density at radius 1 is 1.50 bits per heavy atom. The molecule has 0 aliphatic rings. The van der Waals surface area contributed by atoms with E-state index < -0.39 is 10.8 Å². The predicted octanol–water partition coefficient (Wildman–Crippen LogP) is 0.857. The molecule has 0 atom stereocenters. The molecule has 4 N–H and O–H groups in total. The third-order valence-corrected chi connectivity index (χ3v) is 3.19. The molecule has 0 saturated carbocycles. The molecule has 2 aromatic rings. The zero-order chi connectivity index (χ0) is 14.7. The Bertz CT molecular complexity index is 721. The minimum absolute atomic E-state index is 0.0729. The van der Waals surface area contributed by atoms with Crippen molar-refractivity contribution < 1.29 is 9.72 Å². The van der Waals surface area contributed by atoms with Gasteiger partial charge in [0.25, 0.3) is 11.6 Å². The minimum Gasteiger partial charge on any atom is -0.399 e. The van der Waals surface area contributed by atoms with E-state index in [1.807, 2.05) is 0 Å². The molecule has 0 fully saturated rings. The third-order valence-electron chi connectivity index (χ3n) is 2.47. The minimum atomic E-state index is -0.652. The molecule has 0 saturated heterocycles. The van der Waals surface area contributed by atoms with E-state index in [1.165, 1.54) is 18.2 Å². The number of hydrogen-bond acceptors (Lipinski definition) is 6. The molecule has 0 aliphatic carbocycles. The van der Waals surface area contributed by atoms with Gasteiger partial charge in [0.05, 0.1) is 11.5 Å². The van der Waals surface area contributed by atoms with E-state index in [0.29, 0.717) is 5.69 Å². The van der Waals surface area contributed by atoms with Crippen molar-refractivity contribution in [3.63, 3.8) is 0 Å². The summed E-state index contributed by atoms with van der Waals surface area (Å²) in [6.45, 7) is 0.0729. The highest BCUT2D eigenvalue weighted by molar-refractivity contribution is 7.07. The second kappa shape index (κ2) is 5.53. The van der Waals surface area contributed by atoms with Crippen LogP contribution in [0.2, 0.25) is 0 Å². The first-order chi connectivity index (χ1) is 9.47. The number of rotatable bonds is 4. The number of aromatic amines is 1. The Morgan fingerprint density at radius 3 is 2.85 bits per heavy atom. The summed E-state index contributed by atoms with van der Waals surface area (Å²) in [5, 5.41) is 14.9. The maximum Gasteiger partial charge on any atom is 0.304 e. The van der Waals surface area contributed by atoms with Gasteiger partial charge < -0.3 is 16.0 Å². The van der Waals surface area contributed by atoms with Gasteiger partial charge in [-0.1, -0.05) is 11.3 Å². The van der Waals surface area contributed by atoms with Crippen molar-refractivity contribution in [2.45, 2.75) is 6.54 Å². The highest BCUT2D eigenvalue weighted by Gasteiger charge is 2.20. The molecule has 8 nitrogen and oxygen atoms in total. The lowest BCUT2D eigenvalue weighted by atomic mass is 10.1. The van der Waals surface area contributed by atoms with E-state index in [4.69, 9.17) is 5.73 Å². The van der Waals surface area contributed by atoms with Crippen LogP contribution in [-0.2, 0) is 6.54 Å². The number of hydrogen-bond donors (Lipinski definition) is 3. The standard InChI is InChI=1S/C11H10N4O4S/c12-6-1-2-9(15(18)19)8(3-6)10(16)13-4-7-5-20-11(17)14-7/h1-3,5H,4,12H2,(H,13,16)(H,14,17). The molecule has 1 aromatic heterocycles. The van der Waals surface area contributed by atoms with E-state index in [9.17, 15) is 19.7 Å². The van der Waals surface area contributed by atoms with Crippen molar-refractivity contribution in [2.75, 3.05) is 5.73 Å². The Morgan fingerprint density at radius 2 is 2.25 bits per heavy atom. The highest BCUT2D eigenvalue weighted by Crippen LogP contribution is 2.21. The molecule has 2 rings (SSSR count). The monoisotopic (exact) mass is 294 g/mol. The van der Waals surface area contributed by atoms with Crippen LogP contribution < -0.4 is 15.9 Å². The van der Waals surface area contributed by atoms with Gasteiger partial charge in [-0.3, -0.25) is 19.7 Å². The Balaban J connectivity index is 2.18. The van der Waals surface area contributed by atoms with Crippen molar-refractivity contribution in [1.82, 2.24) is 10.3 Å². The van der Waals surface area contributed by atoms with Gasteiger partial charge in [0.2, 0.25) is 0 Å². The fourth-order valence-corrected chi connectivity index (χ4v) is 2.15. The predicted molar refractivity (Wildman–Crippen MR) is 73.6 cm³/mol. The smallest absolute Gasteiger partial charge is 0.304 e. The number of nitrogens with one attached hydrogen (secondary N) is 2. The number of anilines is 1. The summed E-state index contributed by atoms with van der Waals surface area (Å²) in [6.07, 6.45) is 0. The Labute approximate surface area is 116 Å². The van der Waals surface area contributed by atoms with Gasteiger partial charge >= 0.3 is 4.87 Å². The second-order valence-corrected chi connectivity index (χ2v) is 4.73. The fourth-order valence-electron chi connectivity index (χ4n) is 1.57. The van der Waals surface area contributed by atoms with Crippen molar-refractivity contribution >= 4 is 28.6 Å². The highest BCUT2D eigenvalue weighted by atomic mass is 32.1. The normalized spacial score (nSPS) is 10.2. The number of H-pyrrole nitrogens is 1. The molecule has 1 aromatic carbocycles. The number of amides is 1. The first kappa shape index (κ1) is 13.7. The van der Waals surface area contributed by atoms with Crippen LogP contribution in [-0.4, -0.2) is 15.8 Å². The Kier molecular flexibility index (Phi) is 3.80. The molecule has 1 heterocycles. The van der Waals surface area contributed by atoms with E-state index in [-0.39, 0.29) is 28.4 Å². The summed E-state index contributed by atoms with van der Waals surface area (Å²) in [6, 6.07) is 3.77. The lowest BCUT2D eigenvalue weighted by Gasteiger charge is -2.05. The fraction of sp³-hybridized carbons (Fsp3) is 0.0909. The molecule has 104 valence electrons. The van der Waals surface area contributed by atoms with Crippen LogP contribution in [0, 0.1) is 10.1 Å². The number of nitrogens with zero attached hydrogens (tertiary/aromatic N) is 1. The average molecular weight is 294 g/mol. The molecule has 0 spiro atoms. The zero-order valence-electron chi connectivity index (χ0n) is 10.1. The number of nitro benzene ring substituents is 1. The van der Waals surface area contributed by atoms with Gasteiger partial charge in [0, 0.05) is 22.8 Å². The molecular formula is C11H10N4O4S. The number of carbonyl (C=O) groups excluding carboxylic acids is 1. The number of carbonyl (C=O) groups is 1. The number of nitrogens with two attached hydrogens (primary N) is 1. The maximum absolute atomic E-state index is 11.9. The van der Waals surface area contributed by atoms with E-state index in [2.05, 4.69) is 10.3 Å². The lowest BCUT2D eigenvalue weighted by Crippen LogP contribution is -2.24. The van der Waals surface area contributed by atoms with Gasteiger partial charge in [-0.25, -0.2) is 0 Å². The molecule has 0 bridgehead atoms. The van der Waals surface area contributed by atoms with Crippen molar-refractivity contribution in [3.8, 4) is 0 Å². The van der Waals surface area contributed by atoms with Gasteiger partial charge in [-0.05, 0) is 12.1 Å². The third kappa shape index (κ3) is 3.01. The lowest BCUT2D eigenvalue weighted by molar-refractivity contribution is -0.385. The number of thiazole rings is 1. The number of aromatic nitrogens is 1. The molecule has 0 radical (unpaired) electrons. The summed E-state index contributed by atoms with van der Waals surface area (Å²) in [5.74, 6) is -0.629. The van der Waals surface area contributed by atoms with Crippen molar-refractivity contribution in [2.24, 2.45) is 0 Å². The molecular weight excluding hydrogens is 284 g/mol. The zero-order valence-corrected chi connectivity index (χ0v) is 10.9. The van der Waals surface area contributed by atoms with Gasteiger partial charge in [-0.2, -0.15) is 0 Å². The number of benzene rings is 1.